The Bertz CT molecular complexity index is 1100. The number of morpholine rings is 1. The summed E-state index contributed by atoms with van der Waals surface area (Å²) in [6.45, 7) is 4.56. The van der Waals surface area contributed by atoms with Crippen LogP contribution in [0.5, 0.6) is 5.75 Å². The van der Waals surface area contributed by atoms with Crippen molar-refractivity contribution in [2.75, 3.05) is 62.1 Å². The van der Waals surface area contributed by atoms with Gasteiger partial charge >= 0.3 is 0 Å². The number of methoxy groups -OCH3 is 1. The fourth-order valence-electron chi connectivity index (χ4n) is 4.65. The van der Waals surface area contributed by atoms with Crippen LogP contribution in [0.4, 0.5) is 17.3 Å². The number of hydrogen-bond donors (Lipinski definition) is 2. The molecule has 3 heterocycles. The maximum Gasteiger partial charge on any atom is 0.149 e. The normalized spacial score (nSPS) is 20.5. The van der Waals surface area contributed by atoms with Gasteiger partial charge in [0.15, 0.2) is 0 Å². The van der Waals surface area contributed by atoms with Gasteiger partial charge in [-0.15, -0.1) is 0 Å². The molecule has 1 saturated carbocycles. The van der Waals surface area contributed by atoms with Crippen LogP contribution in [-0.4, -0.2) is 78.6 Å². The zero-order chi connectivity index (χ0) is 23.9. The van der Waals surface area contributed by atoms with Crippen LogP contribution in [0.1, 0.15) is 25.7 Å². The summed E-state index contributed by atoms with van der Waals surface area (Å²) in [6, 6.07) is 6.51. The van der Waals surface area contributed by atoms with Crippen LogP contribution in [-0.2, 0) is 9.47 Å². The molecule has 0 bridgehead atoms. The standard InChI is InChI=1S/C25H33N7O3/c1-33-11-8-27-23-16-24(30-17-29-23)31-18-2-4-20(5-3-18)35-22-15-19(32-9-12-34-13-10-32)14-21-25(22)28-7-6-26-21/h6-7,14-18,20H,2-5,8-13H2,1H3,(H2,27,29,30,31). The van der Waals surface area contributed by atoms with E-state index in [-0.39, 0.29) is 6.10 Å². The number of hydrogen-bond acceptors (Lipinski definition) is 10. The van der Waals surface area contributed by atoms with Crippen LogP contribution in [0, 0.1) is 0 Å². The van der Waals surface area contributed by atoms with Crippen LogP contribution in [0.15, 0.2) is 36.9 Å². The second-order valence-corrected chi connectivity index (χ2v) is 8.91. The van der Waals surface area contributed by atoms with Crippen molar-refractivity contribution in [1.29, 1.82) is 0 Å². The van der Waals surface area contributed by atoms with E-state index in [1.54, 1.807) is 25.8 Å². The van der Waals surface area contributed by atoms with Gasteiger partial charge in [-0.1, -0.05) is 0 Å². The molecule has 2 aliphatic rings. The smallest absolute Gasteiger partial charge is 0.149 e. The maximum absolute atomic E-state index is 6.54. The van der Waals surface area contributed by atoms with E-state index in [2.05, 4.69) is 47.6 Å². The van der Waals surface area contributed by atoms with E-state index in [0.29, 0.717) is 19.2 Å². The average molecular weight is 480 g/mol. The Morgan fingerprint density at radius 3 is 2.60 bits per heavy atom. The Morgan fingerprint density at radius 1 is 0.971 bits per heavy atom. The van der Waals surface area contributed by atoms with Crippen molar-refractivity contribution in [1.82, 2.24) is 19.9 Å². The van der Waals surface area contributed by atoms with Crippen molar-refractivity contribution in [2.24, 2.45) is 0 Å². The van der Waals surface area contributed by atoms with Gasteiger partial charge < -0.3 is 29.7 Å². The van der Waals surface area contributed by atoms with Crippen LogP contribution in [0.25, 0.3) is 11.0 Å². The largest absolute Gasteiger partial charge is 0.488 e. The molecule has 0 unspecified atom stereocenters. The van der Waals surface area contributed by atoms with Crippen LogP contribution in [0.3, 0.4) is 0 Å². The molecule has 186 valence electrons. The van der Waals surface area contributed by atoms with E-state index >= 15 is 0 Å². The fraction of sp³-hybridized carbons (Fsp3) is 0.520. The van der Waals surface area contributed by atoms with Crippen LogP contribution >= 0.6 is 0 Å². The first-order chi connectivity index (χ1) is 17.3. The van der Waals surface area contributed by atoms with Crippen molar-refractivity contribution in [3.05, 3.63) is 36.9 Å². The molecule has 0 atom stereocenters. The highest BCUT2D eigenvalue weighted by atomic mass is 16.5. The first-order valence-electron chi connectivity index (χ1n) is 12.3. The Balaban J connectivity index is 1.20. The number of benzene rings is 1. The lowest BCUT2D eigenvalue weighted by Gasteiger charge is -2.31. The van der Waals surface area contributed by atoms with E-state index in [4.69, 9.17) is 14.2 Å². The highest BCUT2D eigenvalue weighted by molar-refractivity contribution is 5.85. The van der Waals surface area contributed by atoms with Gasteiger partial charge in [-0.3, -0.25) is 4.98 Å². The van der Waals surface area contributed by atoms with Crippen LogP contribution in [0.2, 0.25) is 0 Å². The van der Waals surface area contributed by atoms with E-state index in [0.717, 1.165) is 86.1 Å². The molecule has 1 aromatic carbocycles. The quantitative estimate of drug-likeness (QED) is 0.445. The van der Waals surface area contributed by atoms with Gasteiger partial charge in [0.05, 0.1) is 31.4 Å². The van der Waals surface area contributed by atoms with E-state index in [1.165, 1.54) is 0 Å². The number of fused-ring (bicyclic) bond motifs is 1. The lowest BCUT2D eigenvalue weighted by molar-refractivity contribution is 0.122. The summed E-state index contributed by atoms with van der Waals surface area (Å²) >= 11 is 0. The van der Waals surface area contributed by atoms with Crippen molar-refractivity contribution in [2.45, 2.75) is 37.8 Å². The Hall–Kier alpha value is -3.24. The molecule has 1 saturated heterocycles. The molecule has 5 rings (SSSR count). The van der Waals surface area contributed by atoms with E-state index in [1.807, 2.05) is 6.07 Å². The lowest BCUT2D eigenvalue weighted by atomic mass is 9.93. The summed E-state index contributed by atoms with van der Waals surface area (Å²) in [5.41, 5.74) is 2.80. The van der Waals surface area contributed by atoms with Gasteiger partial charge in [0.1, 0.15) is 29.2 Å². The monoisotopic (exact) mass is 479 g/mol. The van der Waals surface area contributed by atoms with Gasteiger partial charge in [0, 0.05) is 63.0 Å². The molecule has 2 aromatic heterocycles. The van der Waals surface area contributed by atoms with Crippen LogP contribution < -0.4 is 20.3 Å². The summed E-state index contributed by atoms with van der Waals surface area (Å²) in [5.74, 6) is 2.45. The number of nitrogens with zero attached hydrogens (tertiary/aromatic N) is 5. The topological polar surface area (TPSA) is 107 Å². The summed E-state index contributed by atoms with van der Waals surface area (Å²) in [7, 11) is 1.69. The molecule has 1 aliphatic heterocycles. The molecule has 1 aliphatic carbocycles. The Kier molecular flexibility index (Phi) is 7.69. The van der Waals surface area contributed by atoms with Gasteiger partial charge in [-0.2, -0.15) is 0 Å². The SMILES string of the molecule is COCCNc1cc(NC2CCC(Oc3cc(N4CCOCC4)cc4nccnc34)CC2)ncn1. The minimum absolute atomic E-state index is 0.148. The molecule has 2 fully saturated rings. The first-order valence-corrected chi connectivity index (χ1v) is 12.3. The van der Waals surface area contributed by atoms with Gasteiger partial charge in [0.2, 0.25) is 0 Å². The van der Waals surface area contributed by atoms with Crippen molar-refractivity contribution in [3.8, 4) is 5.75 Å². The number of aromatic nitrogens is 4. The minimum atomic E-state index is 0.148. The zero-order valence-electron chi connectivity index (χ0n) is 20.2. The summed E-state index contributed by atoms with van der Waals surface area (Å²) in [5, 5.41) is 6.80. The predicted molar refractivity (Wildman–Crippen MR) is 135 cm³/mol. The Labute approximate surface area is 205 Å². The molecule has 0 radical (unpaired) electrons. The molecular weight excluding hydrogens is 446 g/mol. The highest BCUT2D eigenvalue weighted by Crippen LogP contribution is 2.33. The molecule has 10 nitrogen and oxygen atoms in total. The third-order valence-electron chi connectivity index (χ3n) is 6.50. The number of nitrogens with one attached hydrogen (secondary N) is 2. The number of rotatable bonds is 9. The highest BCUT2D eigenvalue weighted by Gasteiger charge is 2.24. The van der Waals surface area contributed by atoms with E-state index in [9.17, 15) is 0 Å². The van der Waals surface area contributed by atoms with Crippen molar-refractivity contribution >= 4 is 28.4 Å². The fourth-order valence-corrected chi connectivity index (χ4v) is 4.65. The predicted octanol–water partition coefficient (Wildman–Crippen LogP) is 3.12. The van der Waals surface area contributed by atoms with Gasteiger partial charge in [-0.25, -0.2) is 15.0 Å². The molecular formula is C25H33N7O3. The zero-order valence-corrected chi connectivity index (χ0v) is 20.2. The molecule has 0 amide bonds. The summed E-state index contributed by atoms with van der Waals surface area (Å²) in [6.07, 6.45) is 9.13. The van der Waals surface area contributed by atoms with E-state index < -0.39 is 0 Å². The molecule has 10 heteroatoms. The summed E-state index contributed by atoms with van der Waals surface area (Å²) < 4.78 is 17.1. The molecule has 3 aromatic rings. The second-order valence-electron chi connectivity index (χ2n) is 8.91. The number of ether oxygens (including phenoxy) is 3. The molecule has 35 heavy (non-hydrogen) atoms. The summed E-state index contributed by atoms with van der Waals surface area (Å²) in [4.78, 5) is 20.1. The van der Waals surface area contributed by atoms with Gasteiger partial charge in [-0.05, 0) is 31.7 Å². The third kappa shape index (κ3) is 6.07. The van der Waals surface area contributed by atoms with Crippen molar-refractivity contribution in [3.63, 3.8) is 0 Å². The van der Waals surface area contributed by atoms with Gasteiger partial charge in [0.25, 0.3) is 0 Å². The third-order valence-corrected chi connectivity index (χ3v) is 6.50. The average Bonchev–Trinajstić information content (AvgIpc) is 2.91. The van der Waals surface area contributed by atoms with Crippen molar-refractivity contribution < 1.29 is 14.2 Å². The minimum Gasteiger partial charge on any atom is -0.488 e. The Morgan fingerprint density at radius 2 is 1.77 bits per heavy atom. The molecule has 0 spiro atoms. The second kappa shape index (κ2) is 11.5. The number of anilines is 3. The molecule has 2 N–H and O–H groups in total. The maximum atomic E-state index is 6.54. The first kappa shape index (κ1) is 23.5. The lowest BCUT2D eigenvalue weighted by Crippen LogP contribution is -2.36.